The van der Waals surface area contributed by atoms with Crippen LogP contribution in [0.15, 0.2) is 29.4 Å². The van der Waals surface area contributed by atoms with Gasteiger partial charge in [0.2, 0.25) is 9.04 Å². The summed E-state index contributed by atoms with van der Waals surface area (Å²) >= 11 is 0. The zero-order valence-electron chi connectivity index (χ0n) is 13.4. The Balaban J connectivity index is 2.12. The molecule has 1 aromatic carbocycles. The molecular formula is C16H23N3OSi. The first-order valence-electron chi connectivity index (χ1n) is 7.26. The Labute approximate surface area is 128 Å². The average Bonchev–Trinajstić information content (AvgIpc) is 2.70. The first-order chi connectivity index (χ1) is 9.95. The van der Waals surface area contributed by atoms with Gasteiger partial charge in [-0.05, 0) is 57.1 Å². The fourth-order valence-electron chi connectivity index (χ4n) is 2.01. The highest BCUT2D eigenvalue weighted by Crippen LogP contribution is 2.28. The molecule has 4 nitrogen and oxygen atoms in total. The lowest BCUT2D eigenvalue weighted by molar-refractivity contribution is 0.581. The van der Waals surface area contributed by atoms with Crippen molar-refractivity contribution in [1.29, 1.82) is 0 Å². The largest absolute Gasteiger partial charge is 0.546 e. The van der Waals surface area contributed by atoms with Gasteiger partial charge in [-0.1, -0.05) is 6.07 Å². The lowest BCUT2D eigenvalue weighted by Gasteiger charge is -2.12. The predicted octanol–water partition coefficient (Wildman–Crippen LogP) is 3.57. The van der Waals surface area contributed by atoms with Gasteiger partial charge in [0.05, 0.1) is 12.2 Å². The molecular weight excluding hydrogens is 278 g/mol. The van der Waals surface area contributed by atoms with Crippen molar-refractivity contribution in [3.63, 3.8) is 0 Å². The van der Waals surface area contributed by atoms with Gasteiger partial charge in [-0.2, -0.15) is 5.10 Å². The molecule has 2 rings (SSSR count). The Morgan fingerprint density at radius 3 is 2.67 bits per heavy atom. The Bertz CT molecular complexity index is 627. The highest BCUT2D eigenvalue weighted by Gasteiger charge is 2.05. The number of aryl methyl sites for hydroxylation is 3. The van der Waals surface area contributed by atoms with Crippen LogP contribution in [-0.2, 0) is 6.54 Å². The number of hydrogen-bond donors (Lipinski definition) is 0. The summed E-state index contributed by atoms with van der Waals surface area (Å²) in [7, 11) is -1.13. The van der Waals surface area contributed by atoms with Crippen LogP contribution in [0.3, 0.4) is 0 Å². The summed E-state index contributed by atoms with van der Waals surface area (Å²) in [6.07, 6.45) is 3.92. The summed E-state index contributed by atoms with van der Waals surface area (Å²) in [5.74, 6) is 0.890. The molecule has 5 heteroatoms. The van der Waals surface area contributed by atoms with Crippen molar-refractivity contribution in [3.8, 4) is 5.75 Å². The molecule has 0 radical (unpaired) electrons. The molecule has 21 heavy (non-hydrogen) atoms. The zero-order valence-corrected chi connectivity index (χ0v) is 14.6. The van der Waals surface area contributed by atoms with E-state index in [9.17, 15) is 0 Å². The van der Waals surface area contributed by atoms with Crippen molar-refractivity contribution in [3.05, 3.63) is 41.2 Å². The molecule has 0 atom stereocenters. The third kappa shape index (κ3) is 4.29. The van der Waals surface area contributed by atoms with Crippen LogP contribution in [-0.4, -0.2) is 25.0 Å². The predicted molar refractivity (Wildman–Crippen MR) is 90.5 cm³/mol. The SMILES string of the molecule is Cc1ccc(N=CCn2cc(C)c(C)n2)c(O[SiH](C)C)c1. The highest BCUT2D eigenvalue weighted by atomic mass is 28.3. The van der Waals surface area contributed by atoms with Crippen molar-refractivity contribution in [2.45, 2.75) is 40.4 Å². The van der Waals surface area contributed by atoms with E-state index in [4.69, 9.17) is 4.43 Å². The summed E-state index contributed by atoms with van der Waals surface area (Å²) in [6, 6.07) is 6.13. The van der Waals surface area contributed by atoms with Crippen molar-refractivity contribution >= 4 is 20.9 Å². The van der Waals surface area contributed by atoms with E-state index in [0.29, 0.717) is 6.54 Å². The van der Waals surface area contributed by atoms with Crippen molar-refractivity contribution in [2.24, 2.45) is 4.99 Å². The van der Waals surface area contributed by atoms with Gasteiger partial charge in [0.1, 0.15) is 11.4 Å². The lowest BCUT2D eigenvalue weighted by Crippen LogP contribution is -2.11. The van der Waals surface area contributed by atoms with Crippen molar-refractivity contribution in [2.75, 3.05) is 0 Å². The second-order valence-corrected chi connectivity index (χ2v) is 7.90. The van der Waals surface area contributed by atoms with Crippen LogP contribution in [0.2, 0.25) is 13.1 Å². The van der Waals surface area contributed by atoms with Crippen LogP contribution in [0.25, 0.3) is 0 Å². The summed E-state index contributed by atoms with van der Waals surface area (Å²) in [4.78, 5) is 4.55. The van der Waals surface area contributed by atoms with E-state index in [1.807, 2.05) is 30.1 Å². The molecule has 0 unspecified atom stereocenters. The van der Waals surface area contributed by atoms with Crippen LogP contribution < -0.4 is 4.43 Å². The third-order valence-electron chi connectivity index (χ3n) is 3.17. The number of hydrogen-bond acceptors (Lipinski definition) is 3. The Morgan fingerprint density at radius 2 is 2.05 bits per heavy atom. The molecule has 2 aromatic rings. The molecule has 112 valence electrons. The molecule has 0 aliphatic heterocycles. The second kappa shape index (κ2) is 6.71. The summed E-state index contributed by atoms with van der Waals surface area (Å²) in [5.41, 5.74) is 4.35. The molecule has 0 N–H and O–H groups in total. The molecule has 0 amide bonds. The van der Waals surface area contributed by atoms with Crippen molar-refractivity contribution in [1.82, 2.24) is 9.78 Å². The van der Waals surface area contributed by atoms with E-state index < -0.39 is 9.04 Å². The summed E-state index contributed by atoms with van der Waals surface area (Å²) in [6.45, 7) is 11.1. The fraction of sp³-hybridized carbons (Fsp3) is 0.375. The number of rotatable bonds is 5. The van der Waals surface area contributed by atoms with Gasteiger partial charge < -0.3 is 4.43 Å². The molecule has 0 fully saturated rings. The van der Waals surface area contributed by atoms with Gasteiger partial charge in [-0.25, -0.2) is 0 Å². The third-order valence-corrected chi connectivity index (χ3v) is 3.89. The van der Waals surface area contributed by atoms with Crippen LogP contribution in [0.4, 0.5) is 5.69 Å². The zero-order chi connectivity index (χ0) is 15.4. The maximum absolute atomic E-state index is 5.95. The minimum absolute atomic E-state index is 0.668. The van der Waals surface area contributed by atoms with E-state index in [1.165, 1.54) is 11.1 Å². The van der Waals surface area contributed by atoms with Gasteiger partial charge >= 0.3 is 0 Å². The smallest absolute Gasteiger partial charge is 0.229 e. The van der Waals surface area contributed by atoms with E-state index in [-0.39, 0.29) is 0 Å². The number of aliphatic imine (C=N–C) groups is 1. The molecule has 1 aromatic heterocycles. The molecule has 0 saturated carbocycles. The van der Waals surface area contributed by atoms with Gasteiger partial charge in [-0.15, -0.1) is 0 Å². The van der Waals surface area contributed by atoms with E-state index in [0.717, 1.165) is 17.1 Å². The van der Waals surface area contributed by atoms with E-state index >= 15 is 0 Å². The maximum Gasteiger partial charge on any atom is 0.229 e. The molecule has 0 aliphatic carbocycles. The normalized spacial score (nSPS) is 11.5. The highest BCUT2D eigenvalue weighted by molar-refractivity contribution is 6.49. The second-order valence-electron chi connectivity index (χ2n) is 5.57. The molecule has 0 saturated heterocycles. The Morgan fingerprint density at radius 1 is 1.29 bits per heavy atom. The minimum Gasteiger partial charge on any atom is -0.546 e. The molecule has 0 bridgehead atoms. The van der Waals surface area contributed by atoms with E-state index in [1.54, 1.807) is 0 Å². The molecule has 1 heterocycles. The first-order valence-corrected chi connectivity index (χ1v) is 10.0. The average molecular weight is 301 g/mol. The fourth-order valence-corrected chi connectivity index (χ4v) is 2.71. The van der Waals surface area contributed by atoms with Crippen LogP contribution >= 0.6 is 0 Å². The van der Waals surface area contributed by atoms with Gasteiger partial charge in [0.25, 0.3) is 0 Å². The topological polar surface area (TPSA) is 39.4 Å². The Kier molecular flexibility index (Phi) is 4.96. The van der Waals surface area contributed by atoms with E-state index in [2.05, 4.69) is 49.2 Å². The van der Waals surface area contributed by atoms with Gasteiger partial charge in [0.15, 0.2) is 0 Å². The van der Waals surface area contributed by atoms with Crippen LogP contribution in [0.5, 0.6) is 5.75 Å². The van der Waals surface area contributed by atoms with Gasteiger partial charge in [0, 0.05) is 12.4 Å². The minimum atomic E-state index is -1.13. The molecule has 0 aliphatic rings. The standard InChI is InChI=1S/C16H23N3OSi/c1-12-6-7-15(16(10-12)20-21(4)5)17-8-9-19-11-13(2)14(3)18-19/h6-8,10-11,21H,9H2,1-5H3. The quantitative estimate of drug-likeness (QED) is 0.625. The number of nitrogens with zero attached hydrogens (tertiary/aromatic N) is 3. The number of aromatic nitrogens is 2. The Hall–Kier alpha value is -1.88. The number of benzene rings is 1. The monoisotopic (exact) mass is 301 g/mol. The summed E-state index contributed by atoms with van der Waals surface area (Å²) < 4.78 is 7.86. The maximum atomic E-state index is 5.95. The lowest BCUT2D eigenvalue weighted by atomic mass is 10.2. The first kappa shape index (κ1) is 15.5. The molecule has 0 spiro atoms. The van der Waals surface area contributed by atoms with Crippen LogP contribution in [0, 0.1) is 20.8 Å². The van der Waals surface area contributed by atoms with Gasteiger partial charge in [-0.3, -0.25) is 9.67 Å². The van der Waals surface area contributed by atoms with Crippen LogP contribution in [0.1, 0.15) is 16.8 Å². The van der Waals surface area contributed by atoms with Crippen molar-refractivity contribution < 1.29 is 4.43 Å². The summed E-state index contributed by atoms with van der Waals surface area (Å²) in [5, 5.41) is 4.43.